The number of nitrogens with one attached hydrogen (secondary N) is 2. The Balaban J connectivity index is 2.57. The van der Waals surface area contributed by atoms with E-state index in [1.54, 1.807) is 20.2 Å². The molecule has 5 nitrogen and oxygen atoms in total. The molecule has 120 valence electrons. The Morgan fingerprint density at radius 1 is 1.24 bits per heavy atom. The first kappa shape index (κ1) is 18.0. The van der Waals surface area contributed by atoms with Crippen LogP contribution in [0.2, 0.25) is 0 Å². The summed E-state index contributed by atoms with van der Waals surface area (Å²) in [5.41, 5.74) is 0.702. The molecule has 0 heterocycles. The van der Waals surface area contributed by atoms with Crippen LogP contribution in [0.4, 0.5) is 4.39 Å². The van der Waals surface area contributed by atoms with Gasteiger partial charge in [-0.05, 0) is 44.0 Å². The fourth-order valence-electron chi connectivity index (χ4n) is 1.91. The van der Waals surface area contributed by atoms with Gasteiger partial charge in [-0.3, -0.25) is 0 Å². The van der Waals surface area contributed by atoms with Crippen LogP contribution >= 0.6 is 0 Å². The van der Waals surface area contributed by atoms with Gasteiger partial charge in [-0.1, -0.05) is 6.07 Å². The van der Waals surface area contributed by atoms with Gasteiger partial charge >= 0.3 is 0 Å². The number of hydrogen-bond donors (Lipinski definition) is 2. The Morgan fingerprint density at radius 3 is 2.62 bits per heavy atom. The third-order valence-electron chi connectivity index (χ3n) is 2.98. The fourth-order valence-corrected chi connectivity index (χ4v) is 3.04. The van der Waals surface area contributed by atoms with Crippen LogP contribution in [0.1, 0.15) is 24.8 Å². The summed E-state index contributed by atoms with van der Waals surface area (Å²) in [6, 6.07) is 4.14. The Labute approximate surface area is 125 Å². The summed E-state index contributed by atoms with van der Waals surface area (Å²) in [5, 5.41) is 2.89. The van der Waals surface area contributed by atoms with Gasteiger partial charge < -0.3 is 10.1 Å². The second kappa shape index (κ2) is 9.09. The van der Waals surface area contributed by atoms with Crippen molar-refractivity contribution in [1.82, 2.24) is 10.0 Å². The maximum absolute atomic E-state index is 13.9. The minimum Gasteiger partial charge on any atom is -0.385 e. The zero-order chi connectivity index (χ0) is 15.7. The van der Waals surface area contributed by atoms with Gasteiger partial charge in [-0.2, -0.15) is 0 Å². The van der Waals surface area contributed by atoms with Crippen LogP contribution in [-0.4, -0.2) is 35.7 Å². The van der Waals surface area contributed by atoms with Crippen molar-refractivity contribution in [1.29, 1.82) is 0 Å². The van der Waals surface area contributed by atoms with Crippen molar-refractivity contribution in [2.75, 3.05) is 27.3 Å². The highest BCUT2D eigenvalue weighted by atomic mass is 32.2. The van der Waals surface area contributed by atoms with E-state index in [1.807, 2.05) is 0 Å². The summed E-state index contributed by atoms with van der Waals surface area (Å²) in [7, 11) is -0.420. The van der Waals surface area contributed by atoms with Gasteiger partial charge in [-0.25, -0.2) is 17.5 Å². The molecule has 0 amide bonds. The van der Waals surface area contributed by atoms with Crippen molar-refractivity contribution < 1.29 is 17.5 Å². The van der Waals surface area contributed by atoms with Crippen molar-refractivity contribution >= 4 is 10.0 Å². The van der Waals surface area contributed by atoms with Gasteiger partial charge in [0.15, 0.2) is 0 Å². The van der Waals surface area contributed by atoms with Gasteiger partial charge in [0.05, 0.1) is 0 Å². The van der Waals surface area contributed by atoms with Crippen LogP contribution in [0.5, 0.6) is 0 Å². The van der Waals surface area contributed by atoms with E-state index in [-0.39, 0.29) is 4.90 Å². The van der Waals surface area contributed by atoms with E-state index in [0.717, 1.165) is 12.8 Å². The lowest BCUT2D eigenvalue weighted by Crippen LogP contribution is -2.25. The lowest BCUT2D eigenvalue weighted by atomic mass is 10.2. The molecule has 0 aliphatic rings. The quantitative estimate of drug-likeness (QED) is 0.644. The van der Waals surface area contributed by atoms with Crippen LogP contribution in [0.3, 0.4) is 0 Å². The first-order valence-electron chi connectivity index (χ1n) is 6.93. The third kappa shape index (κ3) is 6.09. The second-order valence-corrected chi connectivity index (χ2v) is 6.48. The Morgan fingerprint density at radius 2 is 2.00 bits per heavy atom. The molecule has 1 rings (SSSR count). The molecule has 0 saturated heterocycles. The van der Waals surface area contributed by atoms with Crippen LogP contribution in [0.15, 0.2) is 23.1 Å². The van der Waals surface area contributed by atoms with Crippen LogP contribution in [-0.2, 0) is 21.3 Å². The molecule has 0 spiro atoms. The number of methoxy groups -OCH3 is 1. The smallest absolute Gasteiger partial charge is 0.243 e. The molecule has 21 heavy (non-hydrogen) atoms. The molecule has 0 aliphatic carbocycles. The molecular formula is C14H23FN2O3S. The summed E-state index contributed by atoms with van der Waals surface area (Å²) < 4.78 is 45.3. The zero-order valence-corrected chi connectivity index (χ0v) is 13.3. The molecule has 0 aromatic heterocycles. The highest BCUT2D eigenvalue weighted by molar-refractivity contribution is 7.89. The second-order valence-electron chi connectivity index (χ2n) is 4.75. The standard InChI is InChI=1S/C14H23FN2O3S/c1-16-11-12-6-7-14(13(15)10-12)21(18,19)17-8-4-3-5-9-20-2/h6-7,10,16-17H,3-5,8-9,11H2,1-2H3. The van der Waals surface area contributed by atoms with Crippen molar-refractivity contribution in [3.63, 3.8) is 0 Å². The number of sulfonamides is 1. The largest absolute Gasteiger partial charge is 0.385 e. The lowest BCUT2D eigenvalue weighted by molar-refractivity contribution is 0.192. The number of ether oxygens (including phenoxy) is 1. The van der Waals surface area contributed by atoms with Crippen molar-refractivity contribution in [3.05, 3.63) is 29.6 Å². The number of benzene rings is 1. The van der Waals surface area contributed by atoms with E-state index in [2.05, 4.69) is 10.0 Å². The Kier molecular flexibility index (Phi) is 7.81. The van der Waals surface area contributed by atoms with E-state index < -0.39 is 15.8 Å². The molecular weight excluding hydrogens is 295 g/mol. The Bertz CT molecular complexity index is 535. The third-order valence-corrected chi connectivity index (χ3v) is 4.48. The van der Waals surface area contributed by atoms with E-state index in [1.165, 1.54) is 12.1 Å². The first-order valence-corrected chi connectivity index (χ1v) is 8.41. The maximum atomic E-state index is 13.9. The molecule has 0 atom stereocenters. The first-order chi connectivity index (χ1) is 10.0. The van der Waals surface area contributed by atoms with Crippen molar-refractivity contribution in [3.8, 4) is 0 Å². The summed E-state index contributed by atoms with van der Waals surface area (Å²) in [4.78, 5) is -0.306. The van der Waals surface area contributed by atoms with Gasteiger partial charge in [0, 0.05) is 26.8 Å². The van der Waals surface area contributed by atoms with Crippen LogP contribution in [0.25, 0.3) is 0 Å². The number of hydrogen-bond acceptors (Lipinski definition) is 4. The van der Waals surface area contributed by atoms with Gasteiger partial charge in [-0.15, -0.1) is 0 Å². The molecule has 0 fully saturated rings. The van der Waals surface area contributed by atoms with Gasteiger partial charge in [0.1, 0.15) is 10.7 Å². The molecule has 1 aromatic carbocycles. The molecule has 0 aliphatic heterocycles. The lowest BCUT2D eigenvalue weighted by Gasteiger charge is -2.09. The normalized spacial score (nSPS) is 11.8. The highest BCUT2D eigenvalue weighted by Crippen LogP contribution is 2.16. The van der Waals surface area contributed by atoms with E-state index in [4.69, 9.17) is 4.74 Å². The van der Waals surface area contributed by atoms with Crippen molar-refractivity contribution in [2.24, 2.45) is 0 Å². The molecule has 0 saturated carbocycles. The number of unbranched alkanes of at least 4 members (excludes halogenated alkanes) is 2. The minimum atomic E-state index is -3.79. The molecule has 0 bridgehead atoms. The zero-order valence-electron chi connectivity index (χ0n) is 12.5. The maximum Gasteiger partial charge on any atom is 0.243 e. The minimum absolute atomic E-state index is 0.295. The van der Waals surface area contributed by atoms with Crippen LogP contribution < -0.4 is 10.0 Å². The van der Waals surface area contributed by atoms with Gasteiger partial charge in [0.25, 0.3) is 0 Å². The predicted octanol–water partition coefficient (Wildman–Crippen LogP) is 1.64. The number of rotatable bonds is 10. The topological polar surface area (TPSA) is 67.4 Å². The molecule has 1 aromatic rings. The van der Waals surface area contributed by atoms with E-state index in [0.29, 0.717) is 31.7 Å². The van der Waals surface area contributed by atoms with Crippen molar-refractivity contribution in [2.45, 2.75) is 30.7 Å². The summed E-state index contributed by atoms with van der Waals surface area (Å²) >= 11 is 0. The Hall–Kier alpha value is -1.02. The average molecular weight is 318 g/mol. The summed E-state index contributed by atoms with van der Waals surface area (Å²) in [6.07, 6.45) is 2.44. The molecule has 0 radical (unpaired) electrons. The summed E-state index contributed by atoms with van der Waals surface area (Å²) in [5.74, 6) is -0.727. The van der Waals surface area contributed by atoms with Crippen LogP contribution in [0, 0.1) is 5.82 Å². The molecule has 7 heteroatoms. The fraction of sp³-hybridized carbons (Fsp3) is 0.571. The van der Waals surface area contributed by atoms with E-state index in [9.17, 15) is 12.8 Å². The number of halogens is 1. The summed E-state index contributed by atoms with van der Waals surface area (Å²) in [6.45, 7) is 1.45. The van der Waals surface area contributed by atoms with Gasteiger partial charge in [0.2, 0.25) is 10.0 Å². The van der Waals surface area contributed by atoms with E-state index >= 15 is 0 Å². The monoisotopic (exact) mass is 318 g/mol. The molecule has 0 unspecified atom stereocenters. The SMILES string of the molecule is CNCc1ccc(S(=O)(=O)NCCCCCOC)c(F)c1. The molecule has 2 N–H and O–H groups in total. The average Bonchev–Trinajstić information content (AvgIpc) is 2.43. The predicted molar refractivity (Wildman–Crippen MR) is 80.1 cm³/mol. The highest BCUT2D eigenvalue weighted by Gasteiger charge is 2.18.